The third kappa shape index (κ3) is 5.98. The lowest BCUT2D eigenvalue weighted by atomic mass is 9.98. The third-order valence-corrected chi connectivity index (χ3v) is 5.84. The average Bonchev–Trinajstić information content (AvgIpc) is 2.85. The molecule has 180 valence electrons. The van der Waals surface area contributed by atoms with Crippen molar-refractivity contribution < 1.29 is 22.6 Å². The second kappa shape index (κ2) is 10.8. The van der Waals surface area contributed by atoms with E-state index in [-0.39, 0.29) is 31.1 Å². The summed E-state index contributed by atoms with van der Waals surface area (Å²) in [6.07, 6.45) is 2.00. The van der Waals surface area contributed by atoms with Crippen molar-refractivity contribution in [2.24, 2.45) is 0 Å². The molecular weight excluding hydrogens is 443 g/mol. The molecule has 3 aromatic rings. The Labute approximate surface area is 197 Å². The normalized spacial score (nSPS) is 14.6. The largest absolute Gasteiger partial charge is 0.490 e. The molecule has 0 radical (unpaired) electrons. The molecular formula is C26H28F3N3O2. The molecule has 8 heteroatoms. The van der Waals surface area contributed by atoms with Gasteiger partial charge in [0.05, 0.1) is 6.10 Å². The van der Waals surface area contributed by atoms with Crippen molar-refractivity contribution >= 4 is 11.5 Å². The van der Waals surface area contributed by atoms with Crippen molar-refractivity contribution in [2.75, 3.05) is 11.4 Å². The van der Waals surface area contributed by atoms with Crippen LogP contribution in [0.5, 0.6) is 11.8 Å². The van der Waals surface area contributed by atoms with Crippen LogP contribution in [0.3, 0.4) is 0 Å². The van der Waals surface area contributed by atoms with Crippen LogP contribution in [0, 0.1) is 0 Å². The Balaban J connectivity index is 1.57. The first-order chi connectivity index (χ1) is 16.4. The Morgan fingerprint density at radius 2 is 1.68 bits per heavy atom. The fourth-order valence-electron chi connectivity index (χ4n) is 4.09. The molecule has 0 atom stereocenters. The minimum atomic E-state index is -4.61. The van der Waals surface area contributed by atoms with Gasteiger partial charge in [-0.2, -0.15) is 18.2 Å². The molecule has 1 fully saturated rings. The van der Waals surface area contributed by atoms with E-state index < -0.39 is 11.7 Å². The lowest BCUT2D eigenvalue weighted by Gasteiger charge is -2.26. The molecule has 1 heterocycles. The van der Waals surface area contributed by atoms with Gasteiger partial charge >= 0.3 is 12.2 Å². The number of hydrogen-bond acceptors (Lipinski definition) is 5. The van der Waals surface area contributed by atoms with E-state index in [1.54, 1.807) is 31.2 Å². The molecule has 0 N–H and O–H groups in total. The fourth-order valence-corrected chi connectivity index (χ4v) is 4.09. The number of ether oxygens (including phenoxy) is 2. The number of aromatic nitrogens is 2. The summed E-state index contributed by atoms with van der Waals surface area (Å²) in [5, 5.41) is 0. The van der Waals surface area contributed by atoms with Crippen molar-refractivity contribution in [2.45, 2.75) is 57.9 Å². The van der Waals surface area contributed by atoms with Gasteiger partial charge in [-0.25, -0.2) is 4.98 Å². The van der Waals surface area contributed by atoms with Crippen LogP contribution >= 0.6 is 0 Å². The zero-order chi connectivity index (χ0) is 24.0. The molecule has 1 aromatic heterocycles. The summed E-state index contributed by atoms with van der Waals surface area (Å²) in [6, 6.07) is 16.3. The lowest BCUT2D eigenvalue weighted by molar-refractivity contribution is -0.137. The lowest BCUT2D eigenvalue weighted by Crippen LogP contribution is -2.23. The number of hydrogen-bond donors (Lipinski definition) is 0. The van der Waals surface area contributed by atoms with Crippen LogP contribution < -0.4 is 14.4 Å². The summed E-state index contributed by atoms with van der Waals surface area (Å²) in [7, 11) is 0. The van der Waals surface area contributed by atoms with Gasteiger partial charge in [0.15, 0.2) is 5.82 Å². The van der Waals surface area contributed by atoms with Gasteiger partial charge in [0.25, 0.3) is 0 Å². The zero-order valence-electron chi connectivity index (χ0n) is 19.1. The highest BCUT2D eigenvalue weighted by molar-refractivity contribution is 5.64. The van der Waals surface area contributed by atoms with Crippen LogP contribution in [-0.4, -0.2) is 22.6 Å². The quantitative estimate of drug-likeness (QED) is 0.356. The summed E-state index contributed by atoms with van der Waals surface area (Å²) in [5.74, 6) is 0.478. The second-order valence-electron chi connectivity index (χ2n) is 8.28. The van der Waals surface area contributed by atoms with Gasteiger partial charge in [-0.3, -0.25) is 0 Å². The van der Waals surface area contributed by atoms with E-state index in [0.717, 1.165) is 43.2 Å². The predicted octanol–water partition coefficient (Wildman–Crippen LogP) is 6.94. The maximum Gasteiger partial charge on any atom is 0.421 e. The average molecular weight is 472 g/mol. The number of rotatable bonds is 8. The summed E-state index contributed by atoms with van der Waals surface area (Å²) in [5.41, 5.74) is 0.536. The SMILES string of the molecule is CCN(c1ccc(OC2CCCCC2)cc1)c1nc(OCc2ccccc2)ncc1C(F)(F)F. The van der Waals surface area contributed by atoms with E-state index in [2.05, 4.69) is 9.97 Å². The standard InChI is InChI=1S/C26H28F3N3O2/c1-2-32(20-13-15-22(16-14-20)34-21-11-7-4-8-12-21)24-23(26(27,28)29)17-30-25(31-24)33-18-19-9-5-3-6-10-19/h3,5-6,9-10,13-17,21H,2,4,7-8,11-12,18H2,1H3. The van der Waals surface area contributed by atoms with E-state index in [1.807, 2.05) is 30.3 Å². The Morgan fingerprint density at radius 1 is 0.971 bits per heavy atom. The summed E-state index contributed by atoms with van der Waals surface area (Å²) in [4.78, 5) is 9.47. The molecule has 5 nitrogen and oxygen atoms in total. The molecule has 1 aliphatic carbocycles. The third-order valence-electron chi connectivity index (χ3n) is 5.84. The minimum Gasteiger partial charge on any atom is -0.490 e. The van der Waals surface area contributed by atoms with Crippen LogP contribution in [0.1, 0.15) is 50.2 Å². The van der Waals surface area contributed by atoms with Crippen LogP contribution in [0.4, 0.5) is 24.7 Å². The van der Waals surface area contributed by atoms with E-state index in [1.165, 1.54) is 11.3 Å². The number of halogens is 3. The highest BCUT2D eigenvalue weighted by Crippen LogP contribution is 2.38. The van der Waals surface area contributed by atoms with Gasteiger partial charge < -0.3 is 14.4 Å². The maximum atomic E-state index is 13.8. The summed E-state index contributed by atoms with van der Waals surface area (Å²) in [6.45, 7) is 2.21. The summed E-state index contributed by atoms with van der Waals surface area (Å²) >= 11 is 0. The molecule has 4 rings (SSSR count). The van der Waals surface area contributed by atoms with E-state index in [9.17, 15) is 13.2 Å². The Kier molecular flexibility index (Phi) is 7.55. The van der Waals surface area contributed by atoms with Gasteiger partial charge in [0.2, 0.25) is 0 Å². The monoisotopic (exact) mass is 471 g/mol. The smallest absolute Gasteiger partial charge is 0.421 e. The van der Waals surface area contributed by atoms with Crippen molar-refractivity contribution in [3.8, 4) is 11.8 Å². The second-order valence-corrected chi connectivity index (χ2v) is 8.28. The van der Waals surface area contributed by atoms with Gasteiger partial charge in [-0.05, 0) is 62.4 Å². The van der Waals surface area contributed by atoms with Crippen LogP contribution in [-0.2, 0) is 12.8 Å². The van der Waals surface area contributed by atoms with Crippen molar-refractivity contribution in [3.63, 3.8) is 0 Å². The molecule has 2 aromatic carbocycles. The molecule has 34 heavy (non-hydrogen) atoms. The molecule has 1 saturated carbocycles. The van der Waals surface area contributed by atoms with E-state index in [0.29, 0.717) is 5.69 Å². The van der Waals surface area contributed by atoms with Crippen LogP contribution in [0.15, 0.2) is 60.8 Å². The first kappa shape index (κ1) is 23.9. The molecule has 0 bridgehead atoms. The van der Waals surface area contributed by atoms with E-state index in [4.69, 9.17) is 9.47 Å². The predicted molar refractivity (Wildman–Crippen MR) is 124 cm³/mol. The maximum absolute atomic E-state index is 13.8. The van der Waals surface area contributed by atoms with Gasteiger partial charge in [-0.1, -0.05) is 36.8 Å². The highest BCUT2D eigenvalue weighted by Gasteiger charge is 2.37. The number of alkyl halides is 3. The number of nitrogens with zero attached hydrogens (tertiary/aromatic N) is 3. The molecule has 0 amide bonds. The van der Waals surface area contributed by atoms with E-state index >= 15 is 0 Å². The topological polar surface area (TPSA) is 47.5 Å². The fraction of sp³-hybridized carbons (Fsp3) is 0.385. The molecule has 0 saturated heterocycles. The van der Waals surface area contributed by atoms with Crippen molar-refractivity contribution in [1.82, 2.24) is 9.97 Å². The highest BCUT2D eigenvalue weighted by atomic mass is 19.4. The summed E-state index contributed by atoms with van der Waals surface area (Å²) < 4.78 is 53.1. The van der Waals surface area contributed by atoms with Gasteiger partial charge in [-0.15, -0.1) is 0 Å². The Bertz CT molecular complexity index is 1050. The molecule has 1 aliphatic rings. The zero-order valence-corrected chi connectivity index (χ0v) is 19.1. The number of benzene rings is 2. The molecule has 0 aliphatic heterocycles. The first-order valence-corrected chi connectivity index (χ1v) is 11.6. The molecule has 0 unspecified atom stereocenters. The molecule has 0 spiro atoms. The van der Waals surface area contributed by atoms with Crippen molar-refractivity contribution in [1.29, 1.82) is 0 Å². The number of anilines is 2. The van der Waals surface area contributed by atoms with Gasteiger partial charge in [0.1, 0.15) is 17.9 Å². The minimum absolute atomic E-state index is 0.109. The first-order valence-electron chi connectivity index (χ1n) is 11.6. The van der Waals surface area contributed by atoms with Crippen molar-refractivity contribution in [3.05, 3.63) is 71.9 Å². The van der Waals surface area contributed by atoms with Crippen LogP contribution in [0.2, 0.25) is 0 Å². The Hall–Kier alpha value is -3.29. The van der Waals surface area contributed by atoms with Gasteiger partial charge in [0, 0.05) is 18.4 Å². The van der Waals surface area contributed by atoms with Crippen LogP contribution in [0.25, 0.3) is 0 Å². The Morgan fingerprint density at radius 3 is 2.32 bits per heavy atom.